The molecule has 0 fully saturated rings. The van der Waals surface area contributed by atoms with Crippen molar-refractivity contribution in [3.63, 3.8) is 0 Å². The molecule has 0 spiro atoms. The topological polar surface area (TPSA) is 109 Å². The fraction of sp³-hybridized carbons (Fsp3) is 0.280. The molecule has 1 aromatic heterocycles. The van der Waals surface area contributed by atoms with Crippen LogP contribution in [-0.4, -0.2) is 46.7 Å². The van der Waals surface area contributed by atoms with Gasteiger partial charge in [0.2, 0.25) is 5.91 Å². The van der Waals surface area contributed by atoms with E-state index < -0.39 is 0 Å². The number of carbonyl (C=O) groups is 2. The molecular formula is C25H27N5O4. The molecule has 2 heterocycles. The van der Waals surface area contributed by atoms with Crippen molar-refractivity contribution in [3.8, 4) is 11.5 Å². The number of nitrogens with zero attached hydrogens (tertiary/aromatic N) is 3. The van der Waals surface area contributed by atoms with Crippen LogP contribution < -0.4 is 14.8 Å². The van der Waals surface area contributed by atoms with Crippen molar-refractivity contribution in [1.82, 2.24) is 15.0 Å². The lowest BCUT2D eigenvalue weighted by molar-refractivity contribution is -0.133. The molecule has 0 radical (unpaired) electrons. The van der Waals surface area contributed by atoms with E-state index in [0.717, 1.165) is 23.3 Å². The summed E-state index contributed by atoms with van der Waals surface area (Å²) in [6, 6.07) is 13.0. The van der Waals surface area contributed by atoms with E-state index in [2.05, 4.69) is 22.2 Å². The Balaban J connectivity index is 1.53. The average Bonchev–Trinajstić information content (AvgIpc) is 3.41. The molecule has 34 heavy (non-hydrogen) atoms. The van der Waals surface area contributed by atoms with E-state index in [1.54, 1.807) is 26.4 Å². The van der Waals surface area contributed by atoms with E-state index in [-0.39, 0.29) is 17.7 Å². The molecule has 1 unspecified atom stereocenters. The minimum absolute atomic E-state index is 0.0213. The first-order valence-electron chi connectivity index (χ1n) is 11.0. The van der Waals surface area contributed by atoms with Crippen molar-refractivity contribution in [2.24, 2.45) is 11.0 Å². The molecular weight excluding hydrogens is 434 g/mol. The number of methoxy groups -OCH3 is 2. The number of benzene rings is 2. The maximum absolute atomic E-state index is 12.8. The highest BCUT2D eigenvalue weighted by molar-refractivity contribution is 6.06. The molecule has 1 atom stereocenters. The summed E-state index contributed by atoms with van der Waals surface area (Å²) in [4.78, 5) is 31.7. The van der Waals surface area contributed by atoms with Gasteiger partial charge in [-0.05, 0) is 42.3 Å². The molecule has 0 saturated carbocycles. The Morgan fingerprint density at radius 2 is 1.91 bits per heavy atom. The lowest BCUT2D eigenvalue weighted by Crippen LogP contribution is -2.36. The predicted molar refractivity (Wildman–Crippen MR) is 128 cm³/mol. The van der Waals surface area contributed by atoms with Crippen LogP contribution in [0, 0.1) is 5.92 Å². The smallest absolute Gasteiger partial charge is 0.275 e. The quantitative estimate of drug-likeness (QED) is 0.530. The van der Waals surface area contributed by atoms with Crippen molar-refractivity contribution in [1.29, 1.82) is 0 Å². The van der Waals surface area contributed by atoms with Gasteiger partial charge in [-0.25, -0.2) is 9.99 Å². The number of carbonyl (C=O) groups excluding carboxylic acids is 2. The number of hydrogen-bond acceptors (Lipinski definition) is 6. The first-order chi connectivity index (χ1) is 16.5. The number of hydrogen-bond donors (Lipinski definition) is 2. The second-order valence-corrected chi connectivity index (χ2v) is 7.92. The number of imidazole rings is 1. The molecule has 3 aromatic rings. The first-order valence-corrected chi connectivity index (χ1v) is 11.0. The molecule has 1 aliphatic heterocycles. The van der Waals surface area contributed by atoms with E-state index in [9.17, 15) is 9.59 Å². The van der Waals surface area contributed by atoms with Crippen LogP contribution in [0.3, 0.4) is 0 Å². The molecule has 9 nitrogen and oxygen atoms in total. The molecule has 0 bridgehead atoms. The highest BCUT2D eigenvalue weighted by Gasteiger charge is 2.29. The van der Waals surface area contributed by atoms with Crippen molar-refractivity contribution in [2.45, 2.75) is 26.3 Å². The maximum atomic E-state index is 12.8. The summed E-state index contributed by atoms with van der Waals surface area (Å²) in [5.74, 6) is 0.972. The Morgan fingerprint density at radius 1 is 1.15 bits per heavy atom. The minimum Gasteiger partial charge on any atom is -0.493 e. The minimum atomic E-state index is -0.296. The highest BCUT2D eigenvalue weighted by atomic mass is 16.5. The zero-order valence-electron chi connectivity index (χ0n) is 19.4. The van der Waals surface area contributed by atoms with Crippen LogP contribution in [0.2, 0.25) is 0 Å². The van der Waals surface area contributed by atoms with Crippen molar-refractivity contribution < 1.29 is 19.1 Å². The van der Waals surface area contributed by atoms with E-state index in [0.29, 0.717) is 35.8 Å². The van der Waals surface area contributed by atoms with Crippen molar-refractivity contribution >= 4 is 23.2 Å². The number of ether oxygens (including phenoxy) is 2. The normalized spacial score (nSPS) is 15.6. The molecule has 0 saturated heterocycles. The molecule has 176 valence electrons. The highest BCUT2D eigenvalue weighted by Crippen LogP contribution is 2.31. The summed E-state index contributed by atoms with van der Waals surface area (Å²) in [6.45, 7) is 2.39. The second kappa shape index (κ2) is 10.2. The van der Waals surface area contributed by atoms with E-state index >= 15 is 0 Å². The Labute approximate surface area is 197 Å². The van der Waals surface area contributed by atoms with Gasteiger partial charge in [-0.15, -0.1) is 0 Å². The van der Waals surface area contributed by atoms with Crippen molar-refractivity contribution in [3.05, 3.63) is 71.8 Å². The van der Waals surface area contributed by atoms with Gasteiger partial charge in [0.1, 0.15) is 5.69 Å². The fourth-order valence-corrected chi connectivity index (χ4v) is 3.88. The van der Waals surface area contributed by atoms with Gasteiger partial charge in [-0.1, -0.05) is 19.1 Å². The van der Waals surface area contributed by atoms with Crippen LogP contribution in [0.1, 0.15) is 41.4 Å². The monoisotopic (exact) mass is 461 g/mol. The van der Waals surface area contributed by atoms with Crippen LogP contribution in [0.25, 0.3) is 0 Å². The Bertz CT molecular complexity index is 1190. The van der Waals surface area contributed by atoms with Gasteiger partial charge >= 0.3 is 0 Å². The zero-order chi connectivity index (χ0) is 24.1. The van der Waals surface area contributed by atoms with Gasteiger partial charge in [-0.3, -0.25) is 9.59 Å². The Hall–Kier alpha value is -4.14. The number of amides is 2. The molecule has 2 N–H and O–H groups in total. The van der Waals surface area contributed by atoms with E-state index in [1.807, 2.05) is 30.3 Å². The molecule has 0 aliphatic carbocycles. The number of anilines is 1. The van der Waals surface area contributed by atoms with Gasteiger partial charge in [-0.2, -0.15) is 5.10 Å². The lowest BCUT2D eigenvalue weighted by Gasteiger charge is -2.29. The van der Waals surface area contributed by atoms with Gasteiger partial charge in [0.05, 0.1) is 32.8 Å². The summed E-state index contributed by atoms with van der Waals surface area (Å²) in [5.41, 5.74) is 3.61. The van der Waals surface area contributed by atoms with Gasteiger partial charge in [0.25, 0.3) is 5.91 Å². The summed E-state index contributed by atoms with van der Waals surface area (Å²) >= 11 is 0. The summed E-state index contributed by atoms with van der Waals surface area (Å²) in [6.07, 6.45) is 4.18. The third-order valence-corrected chi connectivity index (χ3v) is 5.77. The SMILES string of the molecule is CCC1CC(=O)N(Cc2ccc(NC(=O)c3c[nH]cn3)cc2)N=C1c1ccc(OC)c(OC)c1. The predicted octanol–water partition coefficient (Wildman–Crippen LogP) is 3.84. The number of aromatic amines is 1. The molecule has 4 rings (SSSR count). The van der Waals surface area contributed by atoms with Gasteiger partial charge in [0.15, 0.2) is 11.5 Å². The average molecular weight is 462 g/mol. The third kappa shape index (κ3) is 4.93. The van der Waals surface area contributed by atoms with Gasteiger partial charge < -0.3 is 19.8 Å². The van der Waals surface area contributed by atoms with Gasteiger partial charge in [0, 0.05) is 29.8 Å². The van der Waals surface area contributed by atoms with Crippen LogP contribution in [0.4, 0.5) is 5.69 Å². The number of H-pyrrole nitrogens is 1. The summed E-state index contributed by atoms with van der Waals surface area (Å²) in [5, 5.41) is 9.04. The zero-order valence-corrected chi connectivity index (χ0v) is 19.4. The van der Waals surface area contributed by atoms with Crippen LogP contribution in [0.15, 0.2) is 60.1 Å². The second-order valence-electron chi connectivity index (χ2n) is 7.92. The standard InChI is InChI=1S/C25H27N5O4/c1-4-17-12-23(31)30(29-24(17)18-7-10-21(33-2)22(11-18)34-3)14-16-5-8-19(9-6-16)28-25(32)20-13-26-15-27-20/h5-11,13,15,17H,4,12,14H2,1-3H3,(H,26,27)(H,28,32). The molecule has 9 heteroatoms. The third-order valence-electron chi connectivity index (χ3n) is 5.77. The summed E-state index contributed by atoms with van der Waals surface area (Å²) in [7, 11) is 3.19. The number of hydrazone groups is 1. The largest absolute Gasteiger partial charge is 0.493 e. The number of rotatable bonds is 8. The maximum Gasteiger partial charge on any atom is 0.275 e. The summed E-state index contributed by atoms with van der Waals surface area (Å²) < 4.78 is 10.8. The number of nitrogens with one attached hydrogen (secondary N) is 2. The molecule has 2 aromatic carbocycles. The fourth-order valence-electron chi connectivity index (χ4n) is 3.88. The van der Waals surface area contributed by atoms with Crippen LogP contribution in [0.5, 0.6) is 11.5 Å². The van der Waals surface area contributed by atoms with E-state index in [4.69, 9.17) is 14.6 Å². The number of aromatic nitrogens is 2. The Kier molecular flexibility index (Phi) is 6.91. The van der Waals surface area contributed by atoms with Crippen LogP contribution in [-0.2, 0) is 11.3 Å². The van der Waals surface area contributed by atoms with Crippen LogP contribution >= 0.6 is 0 Å². The van der Waals surface area contributed by atoms with Crippen molar-refractivity contribution in [2.75, 3.05) is 19.5 Å². The molecule has 1 aliphatic rings. The van der Waals surface area contributed by atoms with E-state index in [1.165, 1.54) is 17.5 Å². The Morgan fingerprint density at radius 3 is 2.56 bits per heavy atom. The first kappa shape index (κ1) is 23.0. The molecule has 2 amide bonds. The lowest BCUT2D eigenvalue weighted by atomic mass is 9.89.